The van der Waals surface area contributed by atoms with Crippen LogP contribution in [0.15, 0.2) is 36.4 Å². The number of hydrogen-bond donors (Lipinski definition) is 1. The molecule has 1 heterocycles. The topological polar surface area (TPSA) is 38.3 Å². The largest absolute Gasteiger partial charge is 0.482 e. The minimum Gasteiger partial charge on any atom is -0.482 e. The van der Waals surface area contributed by atoms with Crippen molar-refractivity contribution in [1.82, 2.24) is 0 Å². The van der Waals surface area contributed by atoms with E-state index < -0.39 is 5.38 Å². The lowest BCUT2D eigenvalue weighted by Gasteiger charge is -2.20. The van der Waals surface area contributed by atoms with Gasteiger partial charge < -0.3 is 10.1 Å². The quantitative estimate of drug-likeness (QED) is 0.857. The van der Waals surface area contributed by atoms with Crippen LogP contribution in [0.2, 0.25) is 0 Å². The van der Waals surface area contributed by atoms with Crippen molar-refractivity contribution in [3.8, 4) is 5.75 Å². The highest BCUT2D eigenvalue weighted by Gasteiger charge is 2.19. The van der Waals surface area contributed by atoms with Crippen molar-refractivity contribution in [3.63, 3.8) is 0 Å². The number of nitrogens with one attached hydrogen (secondary N) is 1. The fraction of sp³-hybridized carbons (Fsp3) is 0.188. The molecule has 5 heteroatoms. The van der Waals surface area contributed by atoms with E-state index in [1.165, 1.54) is 12.1 Å². The molecule has 1 aliphatic heterocycles. The zero-order valence-electron chi connectivity index (χ0n) is 11.3. The van der Waals surface area contributed by atoms with Crippen molar-refractivity contribution in [2.24, 2.45) is 0 Å². The molecule has 1 aliphatic rings. The van der Waals surface area contributed by atoms with Crippen LogP contribution < -0.4 is 10.1 Å². The standard InChI is InChI=1S/C16H13ClFNO2/c1-9-6-11(18)3-4-12(9)16(17)10-2-5-14-13(7-10)19-15(20)8-21-14/h2-7,16H,8H2,1H3,(H,19,20). The molecule has 0 saturated heterocycles. The van der Waals surface area contributed by atoms with Gasteiger partial charge in [0, 0.05) is 0 Å². The maximum atomic E-state index is 13.2. The Bertz CT molecular complexity index is 717. The van der Waals surface area contributed by atoms with E-state index in [4.69, 9.17) is 16.3 Å². The SMILES string of the molecule is Cc1cc(F)ccc1C(Cl)c1ccc2c(c1)NC(=O)CO2. The summed E-state index contributed by atoms with van der Waals surface area (Å²) in [6, 6.07) is 9.92. The van der Waals surface area contributed by atoms with Crippen molar-refractivity contribution in [2.75, 3.05) is 11.9 Å². The van der Waals surface area contributed by atoms with E-state index in [1.54, 1.807) is 18.2 Å². The Morgan fingerprint density at radius 2 is 2.10 bits per heavy atom. The fourth-order valence-electron chi connectivity index (χ4n) is 2.36. The number of carbonyl (C=O) groups excluding carboxylic acids is 1. The maximum Gasteiger partial charge on any atom is 0.262 e. The number of carbonyl (C=O) groups is 1. The molecule has 2 aromatic carbocycles. The molecule has 0 radical (unpaired) electrons. The van der Waals surface area contributed by atoms with E-state index >= 15 is 0 Å². The minimum absolute atomic E-state index is 0.0215. The summed E-state index contributed by atoms with van der Waals surface area (Å²) in [5.74, 6) is 0.146. The lowest BCUT2D eigenvalue weighted by atomic mass is 9.99. The molecule has 1 atom stereocenters. The van der Waals surface area contributed by atoms with E-state index in [1.807, 2.05) is 13.0 Å². The Kier molecular flexibility index (Phi) is 3.55. The third kappa shape index (κ3) is 2.72. The molecule has 3 rings (SSSR count). The molecule has 2 aromatic rings. The molecule has 0 fully saturated rings. The van der Waals surface area contributed by atoms with Crippen LogP contribution in [0.4, 0.5) is 10.1 Å². The summed E-state index contributed by atoms with van der Waals surface area (Å²) in [5, 5.41) is 2.33. The Hall–Kier alpha value is -2.07. The molecule has 0 saturated carbocycles. The molecular formula is C16H13ClFNO2. The van der Waals surface area contributed by atoms with E-state index in [0.29, 0.717) is 11.4 Å². The summed E-state index contributed by atoms with van der Waals surface area (Å²) < 4.78 is 18.5. The van der Waals surface area contributed by atoms with E-state index in [2.05, 4.69) is 5.32 Å². The molecule has 1 unspecified atom stereocenters. The van der Waals surface area contributed by atoms with Crippen LogP contribution in [0.3, 0.4) is 0 Å². The smallest absolute Gasteiger partial charge is 0.262 e. The number of benzene rings is 2. The van der Waals surface area contributed by atoms with E-state index in [9.17, 15) is 9.18 Å². The summed E-state index contributed by atoms with van der Waals surface area (Å²) >= 11 is 6.49. The zero-order valence-corrected chi connectivity index (χ0v) is 12.1. The second-order valence-corrected chi connectivity index (χ2v) is 5.39. The molecule has 108 valence electrons. The molecule has 0 spiro atoms. The van der Waals surface area contributed by atoms with Gasteiger partial charge in [-0.2, -0.15) is 0 Å². The van der Waals surface area contributed by atoms with Crippen LogP contribution in [0.1, 0.15) is 22.1 Å². The number of ether oxygens (including phenoxy) is 1. The van der Waals surface area contributed by atoms with Crippen LogP contribution in [0, 0.1) is 12.7 Å². The first-order chi connectivity index (χ1) is 10.0. The van der Waals surface area contributed by atoms with Gasteiger partial charge in [0.05, 0.1) is 11.1 Å². The second kappa shape index (κ2) is 5.37. The normalized spacial score (nSPS) is 14.9. The van der Waals surface area contributed by atoms with Crippen LogP contribution in [-0.2, 0) is 4.79 Å². The van der Waals surface area contributed by atoms with Gasteiger partial charge in [0.25, 0.3) is 5.91 Å². The summed E-state index contributed by atoms with van der Waals surface area (Å²) in [5.41, 5.74) is 3.04. The summed E-state index contributed by atoms with van der Waals surface area (Å²) in [7, 11) is 0. The van der Waals surface area contributed by atoms with Gasteiger partial charge in [0.15, 0.2) is 6.61 Å². The highest BCUT2D eigenvalue weighted by Crippen LogP contribution is 2.36. The Morgan fingerprint density at radius 3 is 2.86 bits per heavy atom. The molecule has 1 N–H and O–H groups in total. The van der Waals surface area contributed by atoms with Crippen LogP contribution >= 0.6 is 11.6 Å². The number of fused-ring (bicyclic) bond motifs is 1. The number of alkyl halides is 1. The van der Waals surface area contributed by atoms with Crippen LogP contribution in [0.5, 0.6) is 5.75 Å². The van der Waals surface area contributed by atoms with Gasteiger partial charge in [0.1, 0.15) is 11.6 Å². The maximum absolute atomic E-state index is 13.2. The number of rotatable bonds is 2. The lowest BCUT2D eigenvalue weighted by molar-refractivity contribution is -0.118. The third-order valence-electron chi connectivity index (χ3n) is 3.43. The average molecular weight is 306 g/mol. The van der Waals surface area contributed by atoms with E-state index in [-0.39, 0.29) is 18.3 Å². The first-order valence-corrected chi connectivity index (χ1v) is 6.95. The fourth-order valence-corrected chi connectivity index (χ4v) is 2.74. The third-order valence-corrected chi connectivity index (χ3v) is 3.92. The summed E-state index contributed by atoms with van der Waals surface area (Å²) in [6.07, 6.45) is 0. The zero-order chi connectivity index (χ0) is 15.0. The number of aryl methyl sites for hydroxylation is 1. The van der Waals surface area contributed by atoms with Crippen molar-refractivity contribution < 1.29 is 13.9 Å². The molecule has 0 aromatic heterocycles. The van der Waals surface area contributed by atoms with Gasteiger partial charge >= 0.3 is 0 Å². The Balaban J connectivity index is 1.96. The monoisotopic (exact) mass is 305 g/mol. The molecular weight excluding hydrogens is 293 g/mol. The number of amides is 1. The van der Waals surface area contributed by atoms with Gasteiger partial charge in [-0.15, -0.1) is 11.6 Å². The van der Waals surface area contributed by atoms with Gasteiger partial charge in [-0.25, -0.2) is 4.39 Å². The molecule has 3 nitrogen and oxygen atoms in total. The van der Waals surface area contributed by atoms with Crippen molar-refractivity contribution in [2.45, 2.75) is 12.3 Å². The number of anilines is 1. The highest BCUT2D eigenvalue weighted by molar-refractivity contribution is 6.22. The highest BCUT2D eigenvalue weighted by atomic mass is 35.5. The lowest BCUT2D eigenvalue weighted by Crippen LogP contribution is -2.25. The predicted molar refractivity (Wildman–Crippen MR) is 79.4 cm³/mol. The van der Waals surface area contributed by atoms with Crippen molar-refractivity contribution >= 4 is 23.2 Å². The number of halogens is 2. The molecule has 0 bridgehead atoms. The predicted octanol–water partition coefficient (Wildman–Crippen LogP) is 3.79. The van der Waals surface area contributed by atoms with Gasteiger partial charge in [0.2, 0.25) is 0 Å². The minimum atomic E-state index is -0.422. The van der Waals surface area contributed by atoms with Crippen molar-refractivity contribution in [3.05, 3.63) is 58.9 Å². The average Bonchev–Trinajstić information content (AvgIpc) is 2.46. The first kappa shape index (κ1) is 13.9. The van der Waals surface area contributed by atoms with Crippen molar-refractivity contribution in [1.29, 1.82) is 0 Å². The molecule has 1 amide bonds. The van der Waals surface area contributed by atoms with Gasteiger partial charge in [-0.3, -0.25) is 4.79 Å². The molecule has 21 heavy (non-hydrogen) atoms. The first-order valence-electron chi connectivity index (χ1n) is 6.51. The van der Waals surface area contributed by atoms with Crippen LogP contribution in [-0.4, -0.2) is 12.5 Å². The van der Waals surface area contributed by atoms with Gasteiger partial charge in [-0.1, -0.05) is 12.1 Å². The Morgan fingerprint density at radius 1 is 1.29 bits per heavy atom. The Labute approximate surface area is 126 Å². The number of hydrogen-bond acceptors (Lipinski definition) is 2. The molecule has 0 aliphatic carbocycles. The van der Waals surface area contributed by atoms with E-state index in [0.717, 1.165) is 16.7 Å². The summed E-state index contributed by atoms with van der Waals surface area (Å²) in [6.45, 7) is 1.84. The van der Waals surface area contributed by atoms with Crippen LogP contribution in [0.25, 0.3) is 0 Å². The second-order valence-electron chi connectivity index (χ2n) is 4.96. The summed E-state index contributed by atoms with van der Waals surface area (Å²) in [4.78, 5) is 11.4. The van der Waals surface area contributed by atoms with Gasteiger partial charge in [-0.05, 0) is 47.9 Å².